The molecule has 20 N–H and O–H groups in total. The largest absolute Gasteiger partial charge is 0.510 e. The highest BCUT2D eigenvalue weighted by Crippen LogP contribution is 2.74. The average Bonchev–Trinajstić information content (AvgIpc) is 1.64. The maximum atomic E-state index is 15.2. The first-order valence-electron chi connectivity index (χ1n) is 29.3. The summed E-state index contributed by atoms with van der Waals surface area (Å²) in [5, 5.41) is 213. The van der Waals surface area contributed by atoms with Gasteiger partial charge in [0.1, 0.15) is 78.7 Å². The van der Waals surface area contributed by atoms with E-state index in [4.69, 9.17) is 47.4 Å². The standard InChI is InChI=1S/C56H90O31/c1-25-18-55-11-5-35-53(2,9-4-10-54(35,3)52(77)86-51-48(83-39(72)15-28(66)26(64)7-13-57)45(42(74)34(22-62)80-51)84-40(23-63)78-32(20-60)31(69)19-59)36(55)6-12-56(25,24-55)87-49(76)47-44(27(65)8-14-58)85-50-46(43(75)41(73)33(21-61)79-50)81-37(70)16-29(67)30(68)17-38(71)82-47/h15,17,26-27,29,31-43,45-46,48-51,57-76H,1,4-14,16,18-24H2,2-3H3/b28-15-,30-17+,47-44+/t26?,27?,29?,31?,32?,33?,34?,35?,36?,37?,38?,39?,40?,41?,42?,43?,45?,46?,48?,49?,50?,51?,53-,54-,55?,56?/m1/s1. The zero-order valence-corrected chi connectivity index (χ0v) is 48.4. The van der Waals surface area contributed by atoms with Gasteiger partial charge in [0.05, 0.1) is 44.1 Å². The van der Waals surface area contributed by atoms with Gasteiger partial charge >= 0.3 is 5.97 Å². The molecule has 500 valence electrons. The lowest BCUT2D eigenvalue weighted by atomic mass is 9.41. The number of esters is 1. The molecule has 0 amide bonds. The van der Waals surface area contributed by atoms with Crippen molar-refractivity contribution in [3.63, 3.8) is 0 Å². The molecule has 0 aromatic rings. The Labute approximate surface area is 500 Å². The van der Waals surface area contributed by atoms with Crippen LogP contribution in [0, 0.1) is 28.1 Å². The van der Waals surface area contributed by atoms with E-state index < -0.39 is 239 Å². The maximum Gasteiger partial charge on any atom is 0.314 e. The molecule has 26 atom stereocenters. The molecule has 87 heavy (non-hydrogen) atoms. The Morgan fingerprint density at radius 3 is 2.09 bits per heavy atom. The molecule has 0 radical (unpaired) electrons. The minimum absolute atomic E-state index is 0.166. The lowest BCUT2D eigenvalue weighted by Crippen LogP contribution is -2.64. The summed E-state index contributed by atoms with van der Waals surface area (Å²) in [4.78, 5) is 15.2. The number of aliphatic hydroxyl groups excluding tert-OH is 20. The zero-order valence-electron chi connectivity index (χ0n) is 48.4. The Hall–Kier alpha value is -3.37. The van der Waals surface area contributed by atoms with Gasteiger partial charge in [-0.2, -0.15) is 0 Å². The van der Waals surface area contributed by atoms with Crippen LogP contribution < -0.4 is 0 Å². The first kappa shape index (κ1) is 71.1. The van der Waals surface area contributed by atoms with E-state index in [0.717, 1.165) is 0 Å². The number of rotatable bonds is 24. The number of ether oxygens (including phenoxy) is 10. The van der Waals surface area contributed by atoms with Gasteiger partial charge < -0.3 is 149 Å². The molecular weight excluding hydrogens is 1170 g/mol. The lowest BCUT2D eigenvalue weighted by Gasteiger charge is -2.64. The Balaban J connectivity index is 1.18. The molecule has 7 aliphatic rings. The molecule has 0 aromatic carbocycles. The van der Waals surface area contributed by atoms with Gasteiger partial charge in [0.25, 0.3) is 0 Å². The summed E-state index contributed by atoms with van der Waals surface area (Å²) >= 11 is 0. The Morgan fingerprint density at radius 2 is 1.45 bits per heavy atom. The van der Waals surface area contributed by atoms with E-state index in [2.05, 4.69) is 13.5 Å². The fraction of sp³-hybridized carbons (Fsp3) is 0.839. The molecule has 3 heterocycles. The number of carbonyl (C=O) groups is 1. The second kappa shape index (κ2) is 29.9. The van der Waals surface area contributed by atoms with Gasteiger partial charge in [0, 0.05) is 44.6 Å². The number of carbonyl (C=O) groups excluding carboxylic acids is 1. The summed E-state index contributed by atoms with van der Waals surface area (Å²) in [6, 6.07) is 0. The van der Waals surface area contributed by atoms with E-state index in [0.29, 0.717) is 56.3 Å². The maximum absolute atomic E-state index is 15.2. The second-order valence-electron chi connectivity index (χ2n) is 24.3. The Morgan fingerprint density at radius 1 is 0.770 bits per heavy atom. The van der Waals surface area contributed by atoms with Crippen molar-refractivity contribution in [2.24, 2.45) is 28.1 Å². The predicted octanol–water partition coefficient (Wildman–Crippen LogP) is -4.99. The number of hydrogen-bond donors (Lipinski definition) is 20. The highest BCUT2D eigenvalue weighted by atomic mass is 16.8. The van der Waals surface area contributed by atoms with Crippen LogP contribution in [-0.2, 0) is 52.2 Å². The lowest BCUT2D eigenvalue weighted by molar-refractivity contribution is -0.349. The van der Waals surface area contributed by atoms with Crippen LogP contribution in [0.1, 0.15) is 90.9 Å². The van der Waals surface area contributed by atoms with Crippen molar-refractivity contribution in [1.29, 1.82) is 0 Å². The third-order valence-electron chi connectivity index (χ3n) is 18.8. The van der Waals surface area contributed by atoms with Gasteiger partial charge in [-0.1, -0.05) is 19.9 Å². The van der Waals surface area contributed by atoms with E-state index in [1.807, 2.05) is 0 Å². The van der Waals surface area contributed by atoms with E-state index in [-0.39, 0.29) is 31.6 Å². The molecule has 2 saturated heterocycles. The molecule has 4 aliphatic carbocycles. The van der Waals surface area contributed by atoms with Crippen LogP contribution in [0.3, 0.4) is 0 Å². The van der Waals surface area contributed by atoms with E-state index in [1.54, 1.807) is 6.92 Å². The smallest absolute Gasteiger partial charge is 0.314 e. The molecule has 2 bridgehead atoms. The van der Waals surface area contributed by atoms with Crippen molar-refractivity contribution < 1.29 is 154 Å². The fourth-order valence-corrected chi connectivity index (χ4v) is 14.5. The van der Waals surface area contributed by atoms with Gasteiger partial charge in [0.15, 0.2) is 42.6 Å². The monoisotopic (exact) mass is 1260 g/mol. The summed E-state index contributed by atoms with van der Waals surface area (Å²) in [5.41, 5.74) is -3.41. The minimum Gasteiger partial charge on any atom is -0.510 e. The number of aliphatic hydroxyl groups is 20. The van der Waals surface area contributed by atoms with Crippen molar-refractivity contribution in [3.8, 4) is 0 Å². The SMILES string of the molecule is C=C1CC23CCC4[C@@](C)(CCC[C@@]4(C)C(=O)OC4OC(CO)C(O)C(OC(CO)OC(CO)C(O)CO)C4OC(O)/C=C(\O)C(O)CCO)C2CCC1(OC(O)/C1=C(/C(O)CCO)OC2OC(CO)C(O)C(O)C2OC(O)CC(O)/C(O)=C\C(O)O1)C3. The first-order chi connectivity index (χ1) is 41.1. The molecule has 31 nitrogen and oxygen atoms in total. The highest BCUT2D eigenvalue weighted by molar-refractivity contribution is 5.77. The minimum atomic E-state index is -2.31. The summed E-state index contributed by atoms with van der Waals surface area (Å²) in [6.45, 7) is 2.31. The van der Waals surface area contributed by atoms with Gasteiger partial charge in [0.2, 0.25) is 25.2 Å². The van der Waals surface area contributed by atoms with Crippen LogP contribution in [0.25, 0.3) is 0 Å². The normalized spacial score (nSPS) is 42.5. The zero-order chi connectivity index (χ0) is 64.1. The van der Waals surface area contributed by atoms with E-state index in [9.17, 15) is 102 Å². The first-order valence-corrected chi connectivity index (χ1v) is 29.3. The van der Waals surface area contributed by atoms with Gasteiger partial charge in [-0.15, -0.1) is 0 Å². The number of hydrogen-bond acceptors (Lipinski definition) is 31. The van der Waals surface area contributed by atoms with Crippen molar-refractivity contribution >= 4 is 5.97 Å². The number of fused-ring (bicyclic) bond motifs is 4. The van der Waals surface area contributed by atoms with Gasteiger partial charge in [-0.05, 0) is 86.5 Å². The Kier molecular flexibility index (Phi) is 24.5. The topological polar surface area (TPSA) is 514 Å². The van der Waals surface area contributed by atoms with Crippen LogP contribution in [0.2, 0.25) is 0 Å². The molecule has 1 spiro atoms. The highest BCUT2D eigenvalue weighted by Gasteiger charge is 2.69. The molecule has 3 aliphatic heterocycles. The molecule has 4 saturated carbocycles. The predicted molar refractivity (Wildman–Crippen MR) is 287 cm³/mol. The molecule has 24 unspecified atom stereocenters. The summed E-state index contributed by atoms with van der Waals surface area (Å²) in [5.74, 6) is -4.91. The third-order valence-corrected chi connectivity index (χ3v) is 18.8. The summed E-state index contributed by atoms with van der Waals surface area (Å²) < 4.78 is 59.1. The molecule has 7 rings (SSSR count). The van der Waals surface area contributed by atoms with Crippen molar-refractivity contribution in [3.05, 3.63) is 47.3 Å². The van der Waals surface area contributed by atoms with Crippen LogP contribution in [0.15, 0.2) is 47.3 Å². The van der Waals surface area contributed by atoms with Crippen LogP contribution in [0.4, 0.5) is 0 Å². The van der Waals surface area contributed by atoms with Crippen molar-refractivity contribution in [2.75, 3.05) is 46.2 Å². The molecule has 6 fully saturated rings. The summed E-state index contributed by atoms with van der Waals surface area (Å²) in [6.07, 6.45) is -35.1. The van der Waals surface area contributed by atoms with Crippen molar-refractivity contribution in [2.45, 2.75) is 220 Å². The average molecular weight is 1260 g/mol. The molecule has 31 heteroatoms. The quantitative estimate of drug-likeness (QED) is 0.0186. The van der Waals surface area contributed by atoms with E-state index in [1.165, 1.54) is 0 Å². The van der Waals surface area contributed by atoms with Crippen LogP contribution in [0.5, 0.6) is 0 Å². The van der Waals surface area contributed by atoms with Crippen LogP contribution >= 0.6 is 0 Å². The van der Waals surface area contributed by atoms with Crippen LogP contribution in [-0.4, -0.2) is 283 Å². The van der Waals surface area contributed by atoms with Crippen molar-refractivity contribution in [1.82, 2.24) is 0 Å². The van der Waals surface area contributed by atoms with Gasteiger partial charge in [-0.3, -0.25) is 4.79 Å². The van der Waals surface area contributed by atoms with Gasteiger partial charge in [-0.25, -0.2) is 0 Å². The summed E-state index contributed by atoms with van der Waals surface area (Å²) in [7, 11) is 0. The Bertz CT molecular complexity index is 2360. The van der Waals surface area contributed by atoms with E-state index >= 15 is 4.79 Å². The fourth-order valence-electron chi connectivity index (χ4n) is 14.5. The molecular formula is C56H90O31. The third kappa shape index (κ3) is 15.1. The second-order valence-corrected chi connectivity index (χ2v) is 24.3. The molecule has 0 aromatic heterocycles.